The summed E-state index contributed by atoms with van der Waals surface area (Å²) in [5.74, 6) is 0.0104. The molecule has 1 aromatic rings. The van der Waals surface area contributed by atoms with Gasteiger partial charge in [0.15, 0.2) is 0 Å². The van der Waals surface area contributed by atoms with E-state index >= 15 is 0 Å². The van der Waals surface area contributed by atoms with Crippen LogP contribution in [0.1, 0.15) is 27.2 Å². The normalized spacial score (nSPS) is 14.1. The van der Waals surface area contributed by atoms with Crippen LogP contribution in [0.4, 0.5) is 5.69 Å². The van der Waals surface area contributed by atoms with Crippen LogP contribution >= 0.6 is 0 Å². The minimum atomic E-state index is -0.744. The molecule has 0 aliphatic heterocycles. The molecule has 0 saturated carbocycles. The lowest BCUT2D eigenvalue weighted by Gasteiger charge is -2.32. The average Bonchev–Trinajstić information content (AvgIpc) is 2.39. The Kier molecular flexibility index (Phi) is 4.70. The van der Waals surface area contributed by atoms with Gasteiger partial charge in [-0.15, -0.1) is 0 Å². The van der Waals surface area contributed by atoms with Crippen molar-refractivity contribution in [3.63, 3.8) is 0 Å². The first kappa shape index (κ1) is 13.7. The van der Waals surface area contributed by atoms with Crippen LogP contribution in [-0.2, 0) is 9.53 Å². The average molecular weight is 235 g/mol. The second-order valence-corrected chi connectivity index (χ2v) is 4.17. The molecule has 0 fully saturated rings. The van der Waals surface area contributed by atoms with Crippen molar-refractivity contribution in [1.29, 1.82) is 0 Å². The number of para-hydroxylation sites is 1. The molecule has 1 amide bonds. The predicted octanol–water partition coefficient (Wildman–Crippen LogP) is 2.85. The van der Waals surface area contributed by atoms with Crippen molar-refractivity contribution in [1.82, 2.24) is 0 Å². The maximum atomic E-state index is 12.5. The van der Waals surface area contributed by atoms with Crippen molar-refractivity contribution in [2.75, 3.05) is 18.6 Å². The van der Waals surface area contributed by atoms with Gasteiger partial charge in [0.05, 0.1) is 0 Å². The smallest absolute Gasteiger partial charge is 0.258 e. The quantitative estimate of drug-likeness (QED) is 0.785. The number of hydrogen-bond donors (Lipinski definition) is 0. The van der Waals surface area contributed by atoms with Gasteiger partial charge in [0, 0.05) is 19.3 Å². The second-order valence-electron chi connectivity index (χ2n) is 4.17. The van der Waals surface area contributed by atoms with E-state index in [1.165, 1.54) is 0 Å². The van der Waals surface area contributed by atoms with Crippen LogP contribution in [0.25, 0.3) is 0 Å². The molecule has 0 aliphatic rings. The number of benzene rings is 1. The molecule has 0 aliphatic carbocycles. The van der Waals surface area contributed by atoms with Crippen LogP contribution < -0.4 is 4.90 Å². The van der Waals surface area contributed by atoms with E-state index in [2.05, 4.69) is 0 Å². The summed E-state index contributed by atoms with van der Waals surface area (Å²) in [6.07, 6.45) is 0.658. The molecule has 3 nitrogen and oxygen atoms in total. The monoisotopic (exact) mass is 235 g/mol. The summed E-state index contributed by atoms with van der Waals surface area (Å²) in [5, 5.41) is 0. The van der Waals surface area contributed by atoms with Crippen molar-refractivity contribution in [3.8, 4) is 0 Å². The third-order valence-corrected chi connectivity index (χ3v) is 3.21. The molecule has 1 unspecified atom stereocenters. The Balaban J connectivity index is 3.00. The van der Waals surface area contributed by atoms with Gasteiger partial charge in [-0.25, -0.2) is 0 Å². The Hall–Kier alpha value is -1.35. The summed E-state index contributed by atoms with van der Waals surface area (Å²) >= 11 is 0. The maximum absolute atomic E-state index is 12.5. The van der Waals surface area contributed by atoms with Crippen LogP contribution in [0, 0.1) is 0 Å². The minimum Gasteiger partial charge on any atom is -0.369 e. The summed E-state index contributed by atoms with van der Waals surface area (Å²) in [5.41, 5.74) is 0.169. The zero-order chi connectivity index (χ0) is 12.9. The number of ether oxygens (including phenoxy) is 1. The van der Waals surface area contributed by atoms with Crippen molar-refractivity contribution >= 4 is 11.6 Å². The molecule has 0 heterocycles. The van der Waals surface area contributed by atoms with Crippen molar-refractivity contribution in [3.05, 3.63) is 30.3 Å². The van der Waals surface area contributed by atoms with Gasteiger partial charge in [-0.05, 0) is 32.4 Å². The number of carbonyl (C=O) groups excluding carboxylic acids is 1. The third kappa shape index (κ3) is 2.86. The number of carbonyl (C=O) groups is 1. The number of methoxy groups -OCH3 is 1. The predicted molar refractivity (Wildman–Crippen MR) is 70.2 cm³/mol. The molecular formula is C14H21NO2. The van der Waals surface area contributed by atoms with Gasteiger partial charge in [-0.1, -0.05) is 25.1 Å². The molecule has 17 heavy (non-hydrogen) atoms. The van der Waals surface area contributed by atoms with E-state index < -0.39 is 5.60 Å². The molecule has 1 aromatic carbocycles. The van der Waals surface area contributed by atoms with Gasteiger partial charge >= 0.3 is 0 Å². The fourth-order valence-electron chi connectivity index (χ4n) is 1.72. The van der Waals surface area contributed by atoms with E-state index in [1.807, 2.05) is 51.1 Å². The molecule has 94 valence electrons. The molecule has 0 bridgehead atoms. The lowest BCUT2D eigenvalue weighted by molar-refractivity contribution is -0.138. The molecule has 1 rings (SSSR count). The van der Waals surface area contributed by atoms with Crippen LogP contribution in [0.2, 0.25) is 0 Å². The Morgan fingerprint density at radius 3 is 2.29 bits per heavy atom. The van der Waals surface area contributed by atoms with Crippen LogP contribution in [0.5, 0.6) is 0 Å². The standard InChI is InChI=1S/C14H21NO2/c1-5-14(3,17-4)13(16)15(6-2)12-10-8-7-9-11-12/h7-11H,5-6H2,1-4H3. The highest BCUT2D eigenvalue weighted by molar-refractivity contribution is 5.99. The van der Waals surface area contributed by atoms with Gasteiger partial charge in [-0.3, -0.25) is 4.79 Å². The highest BCUT2D eigenvalue weighted by Crippen LogP contribution is 2.22. The SMILES string of the molecule is CCN(C(=O)C(C)(CC)OC)c1ccccc1. The van der Waals surface area contributed by atoms with Crippen molar-refractivity contribution in [2.45, 2.75) is 32.8 Å². The molecule has 0 aromatic heterocycles. The molecular weight excluding hydrogens is 214 g/mol. The van der Waals surface area contributed by atoms with E-state index in [0.717, 1.165) is 5.69 Å². The molecule has 0 radical (unpaired) electrons. The van der Waals surface area contributed by atoms with Gasteiger partial charge in [0.2, 0.25) is 0 Å². The highest BCUT2D eigenvalue weighted by Gasteiger charge is 2.35. The molecule has 3 heteroatoms. The van der Waals surface area contributed by atoms with E-state index in [4.69, 9.17) is 4.74 Å². The first-order chi connectivity index (χ1) is 8.09. The lowest BCUT2D eigenvalue weighted by Crippen LogP contribution is -2.48. The first-order valence-electron chi connectivity index (χ1n) is 6.01. The number of rotatable bonds is 5. The van der Waals surface area contributed by atoms with Crippen LogP contribution in [0.3, 0.4) is 0 Å². The fraction of sp³-hybridized carbons (Fsp3) is 0.500. The second kappa shape index (κ2) is 5.82. The number of anilines is 1. The lowest BCUT2D eigenvalue weighted by atomic mass is 10.0. The first-order valence-corrected chi connectivity index (χ1v) is 6.01. The summed E-state index contributed by atoms with van der Waals surface area (Å²) in [6, 6.07) is 9.68. The Morgan fingerprint density at radius 2 is 1.88 bits per heavy atom. The number of likely N-dealkylation sites (N-methyl/N-ethyl adjacent to an activating group) is 1. The van der Waals surface area contributed by atoms with Gasteiger partial charge in [0.1, 0.15) is 5.60 Å². The number of nitrogens with zero attached hydrogens (tertiary/aromatic N) is 1. The van der Waals surface area contributed by atoms with E-state index in [-0.39, 0.29) is 5.91 Å². The largest absolute Gasteiger partial charge is 0.369 e. The summed E-state index contributed by atoms with van der Waals surface area (Å²) in [6.45, 7) is 6.40. The van der Waals surface area contributed by atoms with E-state index in [9.17, 15) is 4.79 Å². The summed E-state index contributed by atoms with van der Waals surface area (Å²) < 4.78 is 5.36. The molecule has 0 saturated heterocycles. The van der Waals surface area contributed by atoms with E-state index in [0.29, 0.717) is 13.0 Å². The zero-order valence-electron chi connectivity index (χ0n) is 11.1. The summed E-state index contributed by atoms with van der Waals surface area (Å²) in [4.78, 5) is 14.2. The molecule has 0 spiro atoms. The van der Waals surface area contributed by atoms with Crippen LogP contribution in [0.15, 0.2) is 30.3 Å². The number of amides is 1. The van der Waals surface area contributed by atoms with Crippen molar-refractivity contribution in [2.24, 2.45) is 0 Å². The zero-order valence-corrected chi connectivity index (χ0v) is 11.1. The van der Waals surface area contributed by atoms with E-state index in [1.54, 1.807) is 12.0 Å². The van der Waals surface area contributed by atoms with Crippen molar-refractivity contribution < 1.29 is 9.53 Å². The number of hydrogen-bond acceptors (Lipinski definition) is 2. The fourth-order valence-corrected chi connectivity index (χ4v) is 1.72. The molecule has 1 atom stereocenters. The Morgan fingerprint density at radius 1 is 1.29 bits per heavy atom. The highest BCUT2D eigenvalue weighted by atomic mass is 16.5. The topological polar surface area (TPSA) is 29.5 Å². The molecule has 0 N–H and O–H groups in total. The minimum absolute atomic E-state index is 0.0104. The Bertz CT molecular complexity index is 358. The maximum Gasteiger partial charge on any atom is 0.258 e. The Labute approximate surface area is 103 Å². The van der Waals surface area contributed by atoms with Crippen LogP contribution in [-0.4, -0.2) is 25.2 Å². The van der Waals surface area contributed by atoms with Gasteiger partial charge in [0.25, 0.3) is 5.91 Å². The van der Waals surface area contributed by atoms with Gasteiger partial charge < -0.3 is 9.64 Å². The summed E-state index contributed by atoms with van der Waals surface area (Å²) in [7, 11) is 1.58. The third-order valence-electron chi connectivity index (χ3n) is 3.21. The van der Waals surface area contributed by atoms with Gasteiger partial charge in [-0.2, -0.15) is 0 Å².